The predicted octanol–water partition coefficient (Wildman–Crippen LogP) is 4.40. The Hall–Kier alpha value is -3.75. The summed E-state index contributed by atoms with van der Waals surface area (Å²) in [6.07, 6.45) is 1.87. The van der Waals surface area contributed by atoms with Gasteiger partial charge in [0.25, 0.3) is 5.56 Å². The molecule has 0 N–H and O–H groups in total. The number of nitrogens with zero attached hydrogens (tertiary/aromatic N) is 2. The predicted molar refractivity (Wildman–Crippen MR) is 143 cm³/mol. The highest BCUT2D eigenvalue weighted by molar-refractivity contribution is 7.11. The van der Waals surface area contributed by atoms with Gasteiger partial charge in [-0.05, 0) is 49.1 Å². The number of thiazole rings is 1. The van der Waals surface area contributed by atoms with Gasteiger partial charge in [-0.25, -0.2) is 9.79 Å². The number of esters is 1. The van der Waals surface area contributed by atoms with Crippen LogP contribution in [-0.2, 0) is 9.53 Å². The average Bonchev–Trinajstić information content (AvgIpc) is 3.52. The van der Waals surface area contributed by atoms with Crippen molar-refractivity contribution < 1.29 is 14.3 Å². The third-order valence-electron chi connectivity index (χ3n) is 5.70. The van der Waals surface area contributed by atoms with Gasteiger partial charge in [0.05, 0.1) is 35.1 Å². The van der Waals surface area contributed by atoms with Crippen molar-refractivity contribution in [2.24, 2.45) is 4.99 Å². The van der Waals surface area contributed by atoms with Crippen LogP contribution in [0.5, 0.6) is 5.75 Å². The molecule has 0 radical (unpaired) electrons. The summed E-state index contributed by atoms with van der Waals surface area (Å²) in [5, 5.41) is 1.97. The molecule has 0 unspecified atom stereocenters. The zero-order chi connectivity index (χ0) is 25.1. The lowest BCUT2D eigenvalue weighted by Crippen LogP contribution is -2.39. The zero-order valence-corrected chi connectivity index (χ0v) is 21.5. The molecule has 8 heteroatoms. The lowest BCUT2D eigenvalue weighted by Gasteiger charge is -2.26. The monoisotopic (exact) mass is 516 g/mol. The van der Waals surface area contributed by atoms with Gasteiger partial charge in [0, 0.05) is 10.4 Å². The summed E-state index contributed by atoms with van der Waals surface area (Å²) < 4.78 is 13.3. The largest absolute Gasteiger partial charge is 0.494 e. The Labute approximate surface area is 216 Å². The maximum atomic E-state index is 13.7. The van der Waals surface area contributed by atoms with Crippen LogP contribution in [0, 0.1) is 0 Å². The molecule has 5 rings (SSSR count). The lowest BCUT2D eigenvalue weighted by atomic mass is 9.93. The Balaban J connectivity index is 1.80. The molecule has 0 spiro atoms. The Morgan fingerprint density at radius 1 is 1.03 bits per heavy atom. The molecule has 0 fully saturated rings. The first-order valence-corrected chi connectivity index (χ1v) is 13.3. The first-order valence-electron chi connectivity index (χ1n) is 11.7. The molecule has 0 aliphatic carbocycles. The molecule has 3 heterocycles. The number of benzene rings is 2. The van der Waals surface area contributed by atoms with Crippen molar-refractivity contribution in [3.63, 3.8) is 0 Å². The quantitative estimate of drug-likeness (QED) is 0.342. The Bertz CT molecular complexity index is 1580. The van der Waals surface area contributed by atoms with Crippen molar-refractivity contribution in [2.75, 3.05) is 13.2 Å². The molecule has 2 aromatic heterocycles. The van der Waals surface area contributed by atoms with Gasteiger partial charge in [0.15, 0.2) is 4.80 Å². The van der Waals surface area contributed by atoms with Crippen LogP contribution in [0.3, 0.4) is 0 Å². The van der Waals surface area contributed by atoms with Gasteiger partial charge >= 0.3 is 5.97 Å². The first-order chi connectivity index (χ1) is 17.6. The molecule has 2 aromatic carbocycles. The summed E-state index contributed by atoms with van der Waals surface area (Å²) in [4.78, 5) is 33.6. The normalized spacial score (nSPS) is 15.4. The van der Waals surface area contributed by atoms with Crippen molar-refractivity contribution in [2.45, 2.75) is 19.9 Å². The number of rotatable bonds is 7. The second-order valence-corrected chi connectivity index (χ2v) is 9.94. The molecule has 0 bridgehead atoms. The molecular formula is C28H24N2O4S2. The molecule has 0 amide bonds. The van der Waals surface area contributed by atoms with Crippen molar-refractivity contribution in [3.05, 3.63) is 113 Å². The molecule has 1 aliphatic rings. The van der Waals surface area contributed by atoms with Gasteiger partial charge in [-0.3, -0.25) is 9.36 Å². The minimum Gasteiger partial charge on any atom is -0.494 e. The SMILES string of the molecule is CCOC(=O)C1=C(c2ccccc2)N=c2s/c(=C/c3cccs3)c(=O)n2[C@@H]1c1ccc(OCC)cc1. The summed E-state index contributed by atoms with van der Waals surface area (Å²) in [7, 11) is 0. The van der Waals surface area contributed by atoms with Gasteiger partial charge in [0.2, 0.25) is 0 Å². The topological polar surface area (TPSA) is 69.9 Å². The van der Waals surface area contributed by atoms with E-state index in [4.69, 9.17) is 14.5 Å². The second-order valence-electron chi connectivity index (χ2n) is 7.95. The van der Waals surface area contributed by atoms with Crippen molar-refractivity contribution >= 4 is 40.4 Å². The van der Waals surface area contributed by atoms with Crippen LogP contribution in [0.2, 0.25) is 0 Å². The van der Waals surface area contributed by atoms with E-state index in [9.17, 15) is 9.59 Å². The number of ether oxygens (including phenoxy) is 2. The smallest absolute Gasteiger partial charge is 0.338 e. The van der Waals surface area contributed by atoms with Crippen molar-refractivity contribution in [3.8, 4) is 5.75 Å². The first kappa shape index (κ1) is 24.0. The fraction of sp³-hybridized carbons (Fsp3) is 0.179. The third-order valence-corrected chi connectivity index (χ3v) is 7.50. The standard InChI is InChI=1S/C28H24N2O4S2/c1-3-33-20-14-12-19(13-15-20)25-23(27(32)34-4-2)24(18-9-6-5-7-10-18)29-28-30(25)26(31)22(36-28)17-21-11-8-16-35-21/h5-17,25H,3-4H2,1-2H3/b22-17+/t25-/m1/s1. The van der Waals surface area contributed by atoms with Crippen LogP contribution in [-0.4, -0.2) is 23.8 Å². The average molecular weight is 517 g/mol. The van der Waals surface area contributed by atoms with E-state index >= 15 is 0 Å². The van der Waals surface area contributed by atoms with E-state index in [-0.39, 0.29) is 12.2 Å². The summed E-state index contributed by atoms with van der Waals surface area (Å²) in [5.41, 5.74) is 2.21. The summed E-state index contributed by atoms with van der Waals surface area (Å²) >= 11 is 2.88. The molecule has 36 heavy (non-hydrogen) atoms. The molecule has 0 saturated carbocycles. The van der Waals surface area contributed by atoms with Gasteiger partial charge < -0.3 is 9.47 Å². The van der Waals surface area contributed by atoms with Crippen LogP contribution >= 0.6 is 22.7 Å². The Kier molecular flexibility index (Phi) is 6.97. The summed E-state index contributed by atoms with van der Waals surface area (Å²) in [6.45, 7) is 4.45. The molecule has 182 valence electrons. The number of aromatic nitrogens is 1. The minimum atomic E-state index is -0.698. The summed E-state index contributed by atoms with van der Waals surface area (Å²) in [5.74, 6) is 0.225. The van der Waals surface area contributed by atoms with E-state index in [1.807, 2.05) is 85.1 Å². The van der Waals surface area contributed by atoms with E-state index in [1.165, 1.54) is 11.3 Å². The molecule has 4 aromatic rings. The molecule has 0 saturated heterocycles. The second kappa shape index (κ2) is 10.5. The van der Waals surface area contributed by atoms with Crippen molar-refractivity contribution in [1.29, 1.82) is 0 Å². The lowest BCUT2D eigenvalue weighted by molar-refractivity contribution is -0.138. The van der Waals surface area contributed by atoms with Crippen LogP contribution in [0.25, 0.3) is 11.8 Å². The van der Waals surface area contributed by atoms with E-state index < -0.39 is 12.0 Å². The van der Waals surface area contributed by atoms with Crippen LogP contribution in [0.15, 0.2) is 87.5 Å². The minimum absolute atomic E-state index is 0.194. The highest BCUT2D eigenvalue weighted by atomic mass is 32.1. The van der Waals surface area contributed by atoms with Crippen LogP contribution in [0.1, 0.15) is 35.9 Å². The third kappa shape index (κ3) is 4.57. The Morgan fingerprint density at radius 2 is 1.81 bits per heavy atom. The maximum Gasteiger partial charge on any atom is 0.338 e. The highest BCUT2D eigenvalue weighted by Crippen LogP contribution is 2.35. The van der Waals surface area contributed by atoms with Gasteiger partial charge in [-0.1, -0.05) is 59.9 Å². The summed E-state index contributed by atoms with van der Waals surface area (Å²) in [6, 6.07) is 20.2. The molecular weight excluding hydrogens is 492 g/mol. The van der Waals surface area contributed by atoms with E-state index in [1.54, 1.807) is 22.8 Å². The number of fused-ring (bicyclic) bond motifs is 1. The number of carbonyl (C=O) groups is 1. The van der Waals surface area contributed by atoms with E-state index in [2.05, 4.69) is 0 Å². The molecule has 1 aliphatic heterocycles. The zero-order valence-electron chi connectivity index (χ0n) is 19.8. The number of thiophene rings is 1. The maximum absolute atomic E-state index is 13.7. The number of carbonyl (C=O) groups excluding carboxylic acids is 1. The van der Waals surface area contributed by atoms with E-state index in [0.29, 0.717) is 27.2 Å². The van der Waals surface area contributed by atoms with Gasteiger partial charge in [0.1, 0.15) is 5.75 Å². The highest BCUT2D eigenvalue weighted by Gasteiger charge is 2.35. The molecule has 1 atom stereocenters. The van der Waals surface area contributed by atoms with Crippen molar-refractivity contribution in [1.82, 2.24) is 4.57 Å². The number of hydrogen-bond donors (Lipinski definition) is 0. The fourth-order valence-electron chi connectivity index (χ4n) is 4.17. The fourth-order valence-corrected chi connectivity index (χ4v) is 5.90. The number of hydrogen-bond acceptors (Lipinski definition) is 7. The molecule has 6 nitrogen and oxygen atoms in total. The van der Waals surface area contributed by atoms with Crippen LogP contribution < -0.4 is 19.6 Å². The van der Waals surface area contributed by atoms with Gasteiger partial charge in [-0.2, -0.15) is 0 Å². The Morgan fingerprint density at radius 3 is 2.47 bits per heavy atom. The van der Waals surface area contributed by atoms with Gasteiger partial charge in [-0.15, -0.1) is 11.3 Å². The van der Waals surface area contributed by atoms with E-state index in [0.717, 1.165) is 21.8 Å². The van der Waals surface area contributed by atoms with Crippen LogP contribution in [0.4, 0.5) is 0 Å².